The Kier molecular flexibility index (Phi) is 4.79. The molecule has 0 aromatic carbocycles. The zero-order chi connectivity index (χ0) is 12.3. The Morgan fingerprint density at radius 2 is 2.06 bits per heavy atom. The molecule has 2 atom stereocenters. The molecule has 0 aliphatic carbocycles. The number of hydrogen-bond acceptors (Lipinski definition) is 4. The maximum Gasteiger partial charge on any atom is 0.0510 e. The third-order valence-corrected chi connectivity index (χ3v) is 4.54. The summed E-state index contributed by atoms with van der Waals surface area (Å²) in [6, 6.07) is 1.21. The van der Waals surface area contributed by atoms with Crippen molar-refractivity contribution < 1.29 is 4.74 Å². The van der Waals surface area contributed by atoms with Crippen LogP contribution in [0.5, 0.6) is 0 Å². The Labute approximate surface area is 105 Å². The van der Waals surface area contributed by atoms with Gasteiger partial charge in [-0.05, 0) is 46.4 Å². The Morgan fingerprint density at radius 3 is 2.59 bits per heavy atom. The molecule has 2 rings (SSSR count). The Hall–Kier alpha value is -0.160. The van der Waals surface area contributed by atoms with Crippen LogP contribution in [0.15, 0.2) is 0 Å². The van der Waals surface area contributed by atoms with Gasteiger partial charge in [-0.1, -0.05) is 0 Å². The molecule has 2 aliphatic rings. The number of likely N-dealkylation sites (N-methyl/N-ethyl adjacent to an activating group) is 1. The van der Waals surface area contributed by atoms with Gasteiger partial charge in [0.1, 0.15) is 0 Å². The maximum absolute atomic E-state index is 5.98. The molecule has 4 heteroatoms. The first-order chi connectivity index (χ1) is 8.22. The summed E-state index contributed by atoms with van der Waals surface area (Å²) in [5, 5.41) is 0. The standard InChI is InChI=1S/C13H27N3O/c1-15-6-3-12(4-7-15)16(2)13(9-14)11-5-8-17-10-11/h11-13H,3-10,14H2,1-2H3. The molecule has 0 amide bonds. The lowest BCUT2D eigenvalue weighted by atomic mass is 9.94. The van der Waals surface area contributed by atoms with Crippen molar-refractivity contribution in [1.82, 2.24) is 9.80 Å². The topological polar surface area (TPSA) is 41.7 Å². The molecule has 0 aromatic heterocycles. The van der Waals surface area contributed by atoms with E-state index >= 15 is 0 Å². The predicted octanol–water partition coefficient (Wildman–Crippen LogP) is 0.376. The first kappa shape index (κ1) is 13.3. The van der Waals surface area contributed by atoms with Crippen LogP contribution in [0.3, 0.4) is 0 Å². The number of nitrogens with zero attached hydrogens (tertiary/aromatic N) is 2. The van der Waals surface area contributed by atoms with Gasteiger partial charge in [-0.3, -0.25) is 4.90 Å². The molecule has 4 nitrogen and oxygen atoms in total. The molecule has 17 heavy (non-hydrogen) atoms. The molecule has 2 N–H and O–H groups in total. The molecule has 2 aliphatic heterocycles. The summed E-state index contributed by atoms with van der Waals surface area (Å²) in [6.07, 6.45) is 3.73. The summed E-state index contributed by atoms with van der Waals surface area (Å²) in [6.45, 7) is 5.01. The molecule has 0 radical (unpaired) electrons. The van der Waals surface area contributed by atoms with Crippen molar-refractivity contribution in [2.24, 2.45) is 11.7 Å². The van der Waals surface area contributed by atoms with E-state index in [-0.39, 0.29) is 0 Å². The fraction of sp³-hybridized carbons (Fsp3) is 1.00. The van der Waals surface area contributed by atoms with Gasteiger partial charge in [0, 0.05) is 31.2 Å². The predicted molar refractivity (Wildman–Crippen MR) is 70.1 cm³/mol. The highest BCUT2D eigenvalue weighted by atomic mass is 16.5. The lowest BCUT2D eigenvalue weighted by Crippen LogP contribution is -2.51. The van der Waals surface area contributed by atoms with E-state index in [4.69, 9.17) is 10.5 Å². The third-order valence-electron chi connectivity index (χ3n) is 4.54. The summed E-state index contributed by atoms with van der Waals surface area (Å²) >= 11 is 0. The van der Waals surface area contributed by atoms with Crippen molar-refractivity contribution in [2.75, 3.05) is 46.9 Å². The minimum atomic E-state index is 0.505. The van der Waals surface area contributed by atoms with E-state index in [0.717, 1.165) is 19.8 Å². The van der Waals surface area contributed by atoms with E-state index in [1.165, 1.54) is 32.4 Å². The summed E-state index contributed by atoms with van der Waals surface area (Å²) in [5.74, 6) is 0.643. The van der Waals surface area contributed by atoms with Crippen LogP contribution in [0.4, 0.5) is 0 Å². The first-order valence-corrected chi connectivity index (χ1v) is 6.90. The minimum Gasteiger partial charge on any atom is -0.381 e. The van der Waals surface area contributed by atoms with Gasteiger partial charge in [0.15, 0.2) is 0 Å². The molecule has 2 heterocycles. The highest BCUT2D eigenvalue weighted by Gasteiger charge is 2.32. The van der Waals surface area contributed by atoms with Crippen molar-refractivity contribution in [1.29, 1.82) is 0 Å². The number of hydrogen-bond donors (Lipinski definition) is 1. The van der Waals surface area contributed by atoms with E-state index in [1.54, 1.807) is 0 Å². The average molecular weight is 241 g/mol. The lowest BCUT2D eigenvalue weighted by Gasteiger charge is -2.41. The molecule has 2 saturated heterocycles. The van der Waals surface area contributed by atoms with E-state index in [9.17, 15) is 0 Å². The average Bonchev–Trinajstić information content (AvgIpc) is 2.84. The number of rotatable bonds is 4. The van der Waals surface area contributed by atoms with Gasteiger partial charge in [-0.25, -0.2) is 0 Å². The van der Waals surface area contributed by atoms with Crippen LogP contribution >= 0.6 is 0 Å². The summed E-state index contributed by atoms with van der Waals surface area (Å²) in [4.78, 5) is 4.95. The molecule has 100 valence electrons. The van der Waals surface area contributed by atoms with Crippen LogP contribution in [0.1, 0.15) is 19.3 Å². The normalized spacial score (nSPS) is 30.0. The largest absolute Gasteiger partial charge is 0.381 e. The second kappa shape index (κ2) is 6.14. The Balaban J connectivity index is 1.89. The van der Waals surface area contributed by atoms with E-state index in [0.29, 0.717) is 18.0 Å². The molecule has 2 unspecified atom stereocenters. The van der Waals surface area contributed by atoms with Crippen molar-refractivity contribution >= 4 is 0 Å². The third kappa shape index (κ3) is 3.19. The fourth-order valence-corrected chi connectivity index (χ4v) is 3.22. The van der Waals surface area contributed by atoms with Gasteiger partial charge in [-0.15, -0.1) is 0 Å². The molecule has 0 bridgehead atoms. The number of piperidine rings is 1. The van der Waals surface area contributed by atoms with Crippen molar-refractivity contribution in [3.63, 3.8) is 0 Å². The maximum atomic E-state index is 5.98. The number of likely N-dealkylation sites (tertiary alicyclic amines) is 1. The van der Waals surface area contributed by atoms with E-state index in [1.807, 2.05) is 0 Å². The van der Waals surface area contributed by atoms with Gasteiger partial charge in [0.05, 0.1) is 6.61 Å². The second-order valence-electron chi connectivity index (χ2n) is 5.63. The molecule has 2 fully saturated rings. The molecular weight excluding hydrogens is 214 g/mol. The zero-order valence-electron chi connectivity index (χ0n) is 11.3. The van der Waals surface area contributed by atoms with Crippen LogP contribution in [-0.4, -0.2) is 68.8 Å². The lowest BCUT2D eigenvalue weighted by molar-refractivity contribution is 0.0747. The van der Waals surface area contributed by atoms with Gasteiger partial charge in [0.2, 0.25) is 0 Å². The Morgan fingerprint density at radius 1 is 1.35 bits per heavy atom. The summed E-state index contributed by atoms with van der Waals surface area (Å²) in [7, 11) is 4.47. The molecule has 0 aromatic rings. The quantitative estimate of drug-likeness (QED) is 0.772. The van der Waals surface area contributed by atoms with Crippen LogP contribution < -0.4 is 5.73 Å². The van der Waals surface area contributed by atoms with E-state index in [2.05, 4.69) is 23.9 Å². The Bertz CT molecular complexity index is 223. The van der Waals surface area contributed by atoms with Crippen LogP contribution in [0.25, 0.3) is 0 Å². The van der Waals surface area contributed by atoms with Gasteiger partial charge >= 0.3 is 0 Å². The monoisotopic (exact) mass is 241 g/mol. The summed E-state index contributed by atoms with van der Waals surface area (Å²) < 4.78 is 5.50. The van der Waals surface area contributed by atoms with Crippen molar-refractivity contribution in [3.8, 4) is 0 Å². The molecule has 0 saturated carbocycles. The highest BCUT2D eigenvalue weighted by Crippen LogP contribution is 2.24. The highest BCUT2D eigenvalue weighted by molar-refractivity contribution is 4.87. The van der Waals surface area contributed by atoms with Gasteiger partial charge < -0.3 is 15.4 Å². The smallest absolute Gasteiger partial charge is 0.0510 e. The fourth-order valence-electron chi connectivity index (χ4n) is 3.22. The van der Waals surface area contributed by atoms with Crippen LogP contribution in [0.2, 0.25) is 0 Å². The molecular formula is C13H27N3O. The summed E-state index contributed by atoms with van der Waals surface area (Å²) in [5.41, 5.74) is 5.98. The minimum absolute atomic E-state index is 0.505. The van der Waals surface area contributed by atoms with Crippen LogP contribution in [0, 0.1) is 5.92 Å². The first-order valence-electron chi connectivity index (χ1n) is 6.90. The van der Waals surface area contributed by atoms with Gasteiger partial charge in [-0.2, -0.15) is 0 Å². The second-order valence-corrected chi connectivity index (χ2v) is 5.63. The number of ether oxygens (including phenoxy) is 1. The van der Waals surface area contributed by atoms with Crippen LogP contribution in [-0.2, 0) is 4.74 Å². The van der Waals surface area contributed by atoms with Gasteiger partial charge in [0.25, 0.3) is 0 Å². The van der Waals surface area contributed by atoms with Crippen molar-refractivity contribution in [2.45, 2.75) is 31.3 Å². The SMILES string of the molecule is CN1CCC(N(C)C(CN)C2CCOC2)CC1. The molecule has 0 spiro atoms. The zero-order valence-corrected chi connectivity index (χ0v) is 11.3. The van der Waals surface area contributed by atoms with E-state index < -0.39 is 0 Å². The van der Waals surface area contributed by atoms with Crippen molar-refractivity contribution in [3.05, 3.63) is 0 Å². The number of nitrogens with two attached hydrogens (primary N) is 1.